The molecule has 140 valence electrons. The van der Waals surface area contributed by atoms with Gasteiger partial charge in [-0.15, -0.1) is 0 Å². The van der Waals surface area contributed by atoms with Gasteiger partial charge in [-0.05, 0) is 37.7 Å². The van der Waals surface area contributed by atoms with Gasteiger partial charge in [-0.1, -0.05) is 0 Å². The maximum Gasteiger partial charge on any atom is 0.316 e. The number of piperidine rings is 2. The number of methoxy groups -OCH3 is 1. The van der Waals surface area contributed by atoms with Gasteiger partial charge in [0.05, 0.1) is 6.61 Å². The fourth-order valence-electron chi connectivity index (χ4n) is 3.45. The third-order valence-electron chi connectivity index (χ3n) is 4.75. The summed E-state index contributed by atoms with van der Waals surface area (Å²) in [5.41, 5.74) is 0. The van der Waals surface area contributed by atoms with Gasteiger partial charge in [-0.3, -0.25) is 0 Å². The molecule has 9 heteroatoms. The lowest BCUT2D eigenvalue weighted by Crippen LogP contribution is -2.51. The summed E-state index contributed by atoms with van der Waals surface area (Å²) in [6, 6.07) is 2.08. The maximum absolute atomic E-state index is 12.9. The highest BCUT2D eigenvalue weighted by Crippen LogP contribution is 2.24. The van der Waals surface area contributed by atoms with Crippen LogP contribution in [0, 0.1) is 5.92 Å². The van der Waals surface area contributed by atoms with Crippen LogP contribution < -0.4 is 4.74 Å². The molecule has 0 saturated carbocycles. The Morgan fingerprint density at radius 1 is 1.12 bits per heavy atom. The van der Waals surface area contributed by atoms with Crippen LogP contribution in [0.25, 0.3) is 0 Å². The molecule has 0 aliphatic carbocycles. The van der Waals surface area contributed by atoms with Crippen LogP contribution in [-0.2, 0) is 14.9 Å². The van der Waals surface area contributed by atoms with E-state index in [9.17, 15) is 8.42 Å². The molecule has 2 fully saturated rings. The molecule has 1 unspecified atom stereocenters. The van der Waals surface area contributed by atoms with E-state index in [0.29, 0.717) is 51.6 Å². The molecule has 2 saturated heterocycles. The molecule has 25 heavy (non-hydrogen) atoms. The summed E-state index contributed by atoms with van der Waals surface area (Å²) in [6.45, 7) is 2.68. The van der Waals surface area contributed by atoms with Gasteiger partial charge in [-0.2, -0.15) is 17.0 Å². The minimum atomic E-state index is -3.41. The molecule has 0 spiro atoms. The van der Waals surface area contributed by atoms with Crippen molar-refractivity contribution in [2.45, 2.75) is 31.8 Å². The van der Waals surface area contributed by atoms with E-state index < -0.39 is 10.2 Å². The first kappa shape index (κ1) is 18.5. The predicted molar refractivity (Wildman–Crippen MR) is 92.3 cm³/mol. The molecule has 0 amide bonds. The zero-order valence-corrected chi connectivity index (χ0v) is 15.4. The quantitative estimate of drug-likeness (QED) is 0.740. The molecule has 1 atom stereocenters. The Hall–Kier alpha value is -1.29. The third kappa shape index (κ3) is 4.66. The summed E-state index contributed by atoms with van der Waals surface area (Å²) < 4.78 is 39.9. The van der Waals surface area contributed by atoms with Crippen molar-refractivity contribution in [1.29, 1.82) is 0 Å². The van der Waals surface area contributed by atoms with Crippen LogP contribution in [0.4, 0.5) is 0 Å². The van der Waals surface area contributed by atoms with Gasteiger partial charge < -0.3 is 9.47 Å². The lowest BCUT2D eigenvalue weighted by atomic mass is 10.0. The Kier molecular flexibility index (Phi) is 6.21. The van der Waals surface area contributed by atoms with Crippen molar-refractivity contribution in [1.82, 2.24) is 18.6 Å². The van der Waals surface area contributed by atoms with Gasteiger partial charge in [0, 0.05) is 45.7 Å². The summed E-state index contributed by atoms with van der Waals surface area (Å²) in [6.07, 6.45) is 6.42. The van der Waals surface area contributed by atoms with E-state index in [-0.39, 0.29) is 12.0 Å². The highest BCUT2D eigenvalue weighted by molar-refractivity contribution is 7.86. The molecule has 3 heterocycles. The molecule has 8 nitrogen and oxygen atoms in total. The lowest BCUT2D eigenvalue weighted by Gasteiger charge is -2.37. The molecule has 0 aromatic carbocycles. The van der Waals surface area contributed by atoms with E-state index >= 15 is 0 Å². The van der Waals surface area contributed by atoms with Crippen LogP contribution in [0.3, 0.4) is 0 Å². The van der Waals surface area contributed by atoms with Crippen molar-refractivity contribution in [3.8, 4) is 6.01 Å². The van der Waals surface area contributed by atoms with Crippen molar-refractivity contribution < 1.29 is 17.9 Å². The average Bonchev–Trinajstić information content (AvgIpc) is 2.64. The molecular weight excluding hydrogens is 344 g/mol. The van der Waals surface area contributed by atoms with E-state index in [1.165, 1.54) is 0 Å². The number of hydrogen-bond acceptors (Lipinski definition) is 6. The van der Waals surface area contributed by atoms with Crippen LogP contribution >= 0.6 is 0 Å². The van der Waals surface area contributed by atoms with Gasteiger partial charge in [0.15, 0.2) is 0 Å². The summed E-state index contributed by atoms with van der Waals surface area (Å²) in [4.78, 5) is 8.11. The van der Waals surface area contributed by atoms with Gasteiger partial charge >= 0.3 is 6.01 Å². The highest BCUT2D eigenvalue weighted by atomic mass is 32.2. The Morgan fingerprint density at radius 3 is 2.52 bits per heavy atom. The van der Waals surface area contributed by atoms with E-state index in [0.717, 1.165) is 12.8 Å². The largest absolute Gasteiger partial charge is 0.460 e. The maximum atomic E-state index is 12.9. The second-order valence-corrected chi connectivity index (χ2v) is 8.51. The van der Waals surface area contributed by atoms with E-state index in [1.807, 2.05) is 0 Å². The van der Waals surface area contributed by atoms with Gasteiger partial charge in [0.25, 0.3) is 10.2 Å². The fraction of sp³-hybridized carbons (Fsp3) is 0.750. The van der Waals surface area contributed by atoms with E-state index in [4.69, 9.17) is 9.47 Å². The Morgan fingerprint density at radius 2 is 1.84 bits per heavy atom. The van der Waals surface area contributed by atoms with Crippen LogP contribution in [0.1, 0.15) is 25.7 Å². The molecule has 2 aliphatic heterocycles. The highest BCUT2D eigenvalue weighted by Gasteiger charge is 2.36. The Bertz CT molecular complexity index is 633. The van der Waals surface area contributed by atoms with Crippen LogP contribution in [0.2, 0.25) is 0 Å². The summed E-state index contributed by atoms with van der Waals surface area (Å²) >= 11 is 0. The van der Waals surface area contributed by atoms with E-state index in [2.05, 4.69) is 9.97 Å². The minimum absolute atomic E-state index is 0.0450. The first-order chi connectivity index (χ1) is 12.1. The Labute approximate surface area is 149 Å². The zero-order chi connectivity index (χ0) is 17.7. The first-order valence-corrected chi connectivity index (χ1v) is 10.2. The zero-order valence-electron chi connectivity index (χ0n) is 14.6. The second kappa shape index (κ2) is 8.39. The molecule has 0 N–H and O–H groups in total. The van der Waals surface area contributed by atoms with Crippen LogP contribution in [-0.4, -0.2) is 73.0 Å². The van der Waals surface area contributed by atoms with Crippen molar-refractivity contribution in [2.24, 2.45) is 5.92 Å². The normalized spacial score (nSPS) is 24.3. The second-order valence-electron chi connectivity index (χ2n) is 6.58. The smallest absolute Gasteiger partial charge is 0.316 e. The molecule has 2 aliphatic rings. The predicted octanol–water partition coefficient (Wildman–Crippen LogP) is 0.923. The molecular formula is C16H26N4O4S. The van der Waals surface area contributed by atoms with Crippen LogP contribution in [0.15, 0.2) is 18.5 Å². The number of ether oxygens (including phenoxy) is 2. The topological polar surface area (TPSA) is 84.9 Å². The third-order valence-corrected chi connectivity index (χ3v) is 6.75. The average molecular weight is 370 g/mol. The van der Waals surface area contributed by atoms with Crippen LogP contribution in [0.5, 0.6) is 6.01 Å². The number of nitrogens with zero attached hydrogens (tertiary/aromatic N) is 4. The first-order valence-electron chi connectivity index (χ1n) is 8.77. The molecule has 3 rings (SSSR count). The van der Waals surface area contributed by atoms with Gasteiger partial charge in [-0.25, -0.2) is 9.97 Å². The standard InChI is InChI=1S/C16H26N4O4S/c1-23-13-14-4-2-9-20(12-14)25(21,22)19-10-5-15(6-11-19)24-16-17-7-3-8-18-16/h3,7-8,14-15H,2,4-6,9-13H2,1H3. The molecule has 0 radical (unpaired) electrons. The number of aromatic nitrogens is 2. The Balaban J connectivity index is 1.54. The molecule has 1 aromatic rings. The van der Waals surface area contributed by atoms with Crippen molar-refractivity contribution in [2.75, 3.05) is 39.9 Å². The summed E-state index contributed by atoms with van der Waals surface area (Å²) in [5, 5.41) is 0. The minimum Gasteiger partial charge on any atom is -0.460 e. The summed E-state index contributed by atoms with van der Waals surface area (Å²) in [5.74, 6) is 0.282. The lowest BCUT2D eigenvalue weighted by molar-refractivity contribution is 0.107. The van der Waals surface area contributed by atoms with Gasteiger partial charge in [0.1, 0.15) is 6.10 Å². The fourth-order valence-corrected chi connectivity index (χ4v) is 5.21. The van der Waals surface area contributed by atoms with Crippen molar-refractivity contribution >= 4 is 10.2 Å². The van der Waals surface area contributed by atoms with Gasteiger partial charge in [0.2, 0.25) is 0 Å². The van der Waals surface area contributed by atoms with E-state index in [1.54, 1.807) is 34.2 Å². The monoisotopic (exact) mass is 370 g/mol. The number of hydrogen-bond donors (Lipinski definition) is 0. The molecule has 1 aromatic heterocycles. The summed E-state index contributed by atoms with van der Waals surface area (Å²) in [7, 11) is -1.75. The van der Waals surface area contributed by atoms with Crippen molar-refractivity contribution in [3.63, 3.8) is 0 Å². The number of rotatable bonds is 6. The van der Waals surface area contributed by atoms with Crippen molar-refractivity contribution in [3.05, 3.63) is 18.5 Å². The SMILES string of the molecule is COCC1CCCN(S(=O)(=O)N2CCC(Oc3ncccn3)CC2)C1. The molecule has 0 bridgehead atoms.